The Bertz CT molecular complexity index is 282. The summed E-state index contributed by atoms with van der Waals surface area (Å²) in [6, 6.07) is 5.68. The molecule has 15 heavy (non-hydrogen) atoms. The number of halogens is 3. The molecule has 0 spiro atoms. The van der Waals surface area contributed by atoms with Crippen molar-refractivity contribution in [2.75, 3.05) is 11.6 Å². The van der Waals surface area contributed by atoms with Crippen LogP contribution in [0.2, 0.25) is 10.0 Å². The number of hydrogen-bond acceptors (Lipinski definition) is 1. The monoisotopic (exact) mass is 282 g/mol. The van der Waals surface area contributed by atoms with Crippen molar-refractivity contribution in [3.8, 4) is 0 Å². The van der Waals surface area contributed by atoms with Gasteiger partial charge in [0.25, 0.3) is 0 Å². The average Bonchev–Trinajstić information content (AvgIpc) is 2.16. The second-order valence-electron chi connectivity index (χ2n) is 3.23. The van der Waals surface area contributed by atoms with Crippen molar-refractivity contribution in [2.45, 2.75) is 18.6 Å². The fourth-order valence-corrected chi connectivity index (χ4v) is 2.90. The van der Waals surface area contributed by atoms with Crippen LogP contribution in [0.15, 0.2) is 18.2 Å². The van der Waals surface area contributed by atoms with E-state index in [2.05, 4.69) is 0 Å². The van der Waals surface area contributed by atoms with E-state index in [0.717, 1.165) is 23.8 Å². The molecule has 0 saturated carbocycles. The number of rotatable bonds is 6. The van der Waals surface area contributed by atoms with Gasteiger partial charge in [-0.25, -0.2) is 0 Å². The van der Waals surface area contributed by atoms with Crippen molar-refractivity contribution in [1.82, 2.24) is 0 Å². The van der Waals surface area contributed by atoms with Crippen molar-refractivity contribution in [1.29, 1.82) is 0 Å². The fourth-order valence-electron chi connectivity index (χ4n) is 1.18. The summed E-state index contributed by atoms with van der Waals surface area (Å²) in [5, 5.41) is 1.41. The van der Waals surface area contributed by atoms with E-state index in [1.54, 1.807) is 6.07 Å². The van der Waals surface area contributed by atoms with Crippen LogP contribution in [0.1, 0.15) is 18.4 Å². The Morgan fingerprint density at radius 2 is 1.67 bits per heavy atom. The van der Waals surface area contributed by atoms with E-state index < -0.39 is 0 Å². The van der Waals surface area contributed by atoms with E-state index in [1.165, 1.54) is 12.0 Å². The third-order valence-electron chi connectivity index (χ3n) is 1.86. The molecule has 0 N–H and O–H groups in total. The Kier molecular flexibility index (Phi) is 6.91. The number of unbranched alkanes of at least 4 members (excludes halogenated alkanes) is 1. The lowest BCUT2D eigenvalue weighted by Crippen LogP contribution is -1.85. The molecule has 4 heteroatoms. The molecule has 0 radical (unpaired) electrons. The number of alkyl halides is 1. The van der Waals surface area contributed by atoms with Crippen LogP contribution in [-0.2, 0) is 5.75 Å². The molecule has 1 rings (SSSR count). The molecule has 0 atom stereocenters. The van der Waals surface area contributed by atoms with Crippen LogP contribution in [0, 0.1) is 0 Å². The molecule has 0 nitrogen and oxygen atoms in total. The molecule has 0 aromatic heterocycles. The first kappa shape index (κ1) is 13.5. The van der Waals surface area contributed by atoms with Gasteiger partial charge in [-0.3, -0.25) is 0 Å². The van der Waals surface area contributed by atoms with Gasteiger partial charge in [0.05, 0.1) is 0 Å². The zero-order valence-corrected chi connectivity index (χ0v) is 11.4. The van der Waals surface area contributed by atoms with Gasteiger partial charge in [-0.2, -0.15) is 11.8 Å². The standard InChI is InChI=1S/C11H13Cl3S/c12-3-1-2-4-15-8-9-5-10(13)7-11(14)6-9/h5-7H,1-4,8H2. The van der Waals surface area contributed by atoms with Crippen LogP contribution in [0.4, 0.5) is 0 Å². The van der Waals surface area contributed by atoms with Crippen LogP contribution in [-0.4, -0.2) is 11.6 Å². The Balaban J connectivity index is 2.31. The fraction of sp³-hybridized carbons (Fsp3) is 0.455. The summed E-state index contributed by atoms with van der Waals surface area (Å²) in [5.41, 5.74) is 1.18. The van der Waals surface area contributed by atoms with Gasteiger partial charge in [-0.15, -0.1) is 11.6 Å². The van der Waals surface area contributed by atoms with Crippen LogP contribution in [0.3, 0.4) is 0 Å². The molecule has 0 saturated heterocycles. The number of benzene rings is 1. The second kappa shape index (κ2) is 7.67. The first-order valence-electron chi connectivity index (χ1n) is 4.81. The first-order chi connectivity index (χ1) is 7.22. The van der Waals surface area contributed by atoms with Gasteiger partial charge in [0.15, 0.2) is 0 Å². The van der Waals surface area contributed by atoms with E-state index in [0.29, 0.717) is 10.0 Å². The maximum Gasteiger partial charge on any atom is 0.0423 e. The summed E-state index contributed by atoms with van der Waals surface area (Å²) in [4.78, 5) is 0. The van der Waals surface area contributed by atoms with E-state index in [1.807, 2.05) is 23.9 Å². The molecule has 84 valence electrons. The molecule has 0 unspecified atom stereocenters. The third-order valence-corrected chi connectivity index (χ3v) is 3.68. The minimum Gasteiger partial charge on any atom is -0.157 e. The number of thioether (sulfide) groups is 1. The molecule has 0 aliphatic heterocycles. The maximum atomic E-state index is 5.90. The lowest BCUT2D eigenvalue weighted by atomic mass is 10.2. The molecule has 0 amide bonds. The van der Waals surface area contributed by atoms with E-state index in [4.69, 9.17) is 34.8 Å². The van der Waals surface area contributed by atoms with Crippen LogP contribution < -0.4 is 0 Å². The molecular formula is C11H13Cl3S. The molecule has 0 aliphatic carbocycles. The molecule has 1 aromatic carbocycles. The smallest absolute Gasteiger partial charge is 0.0423 e. The van der Waals surface area contributed by atoms with Gasteiger partial charge in [-0.05, 0) is 42.4 Å². The Morgan fingerprint density at radius 1 is 1.00 bits per heavy atom. The third kappa shape index (κ3) is 5.91. The largest absolute Gasteiger partial charge is 0.157 e. The molecule has 0 bridgehead atoms. The highest BCUT2D eigenvalue weighted by atomic mass is 35.5. The van der Waals surface area contributed by atoms with Gasteiger partial charge in [0.1, 0.15) is 0 Å². The summed E-state index contributed by atoms with van der Waals surface area (Å²) < 4.78 is 0. The second-order valence-corrected chi connectivity index (χ2v) is 5.58. The van der Waals surface area contributed by atoms with Gasteiger partial charge in [0, 0.05) is 21.7 Å². The highest BCUT2D eigenvalue weighted by Crippen LogP contribution is 2.22. The van der Waals surface area contributed by atoms with Crippen molar-refractivity contribution < 1.29 is 0 Å². The predicted molar refractivity (Wildman–Crippen MR) is 72.6 cm³/mol. The van der Waals surface area contributed by atoms with Crippen molar-refractivity contribution in [3.05, 3.63) is 33.8 Å². The van der Waals surface area contributed by atoms with Gasteiger partial charge < -0.3 is 0 Å². The van der Waals surface area contributed by atoms with Crippen molar-refractivity contribution in [3.63, 3.8) is 0 Å². The molecule has 1 aromatic rings. The minimum absolute atomic E-state index is 0.707. The average molecular weight is 284 g/mol. The topological polar surface area (TPSA) is 0 Å². The number of hydrogen-bond donors (Lipinski definition) is 0. The Labute approximate surface area is 110 Å². The molecule has 0 fully saturated rings. The lowest BCUT2D eigenvalue weighted by molar-refractivity contribution is 0.902. The quantitative estimate of drug-likeness (QED) is 0.508. The summed E-state index contributed by atoms with van der Waals surface area (Å²) in [6.45, 7) is 0. The highest BCUT2D eigenvalue weighted by molar-refractivity contribution is 7.98. The zero-order valence-electron chi connectivity index (χ0n) is 8.31. The molecule has 0 heterocycles. The lowest BCUT2D eigenvalue weighted by Gasteiger charge is -2.03. The predicted octanol–water partition coefficient (Wildman–Crippen LogP) is 5.25. The van der Waals surface area contributed by atoms with Gasteiger partial charge in [0.2, 0.25) is 0 Å². The minimum atomic E-state index is 0.707. The van der Waals surface area contributed by atoms with Crippen molar-refractivity contribution in [2.24, 2.45) is 0 Å². The van der Waals surface area contributed by atoms with Gasteiger partial charge >= 0.3 is 0 Å². The summed E-state index contributed by atoms with van der Waals surface area (Å²) in [5.74, 6) is 2.85. The summed E-state index contributed by atoms with van der Waals surface area (Å²) in [6.07, 6.45) is 2.26. The molecular weight excluding hydrogens is 271 g/mol. The highest BCUT2D eigenvalue weighted by Gasteiger charge is 1.98. The van der Waals surface area contributed by atoms with Gasteiger partial charge in [-0.1, -0.05) is 23.2 Å². The van der Waals surface area contributed by atoms with Crippen LogP contribution in [0.25, 0.3) is 0 Å². The van der Waals surface area contributed by atoms with E-state index in [9.17, 15) is 0 Å². The molecule has 0 aliphatic rings. The zero-order chi connectivity index (χ0) is 11.1. The van der Waals surface area contributed by atoms with E-state index in [-0.39, 0.29) is 0 Å². The summed E-state index contributed by atoms with van der Waals surface area (Å²) >= 11 is 19.3. The maximum absolute atomic E-state index is 5.90. The normalized spacial score (nSPS) is 10.6. The SMILES string of the molecule is ClCCCCSCc1cc(Cl)cc(Cl)c1. The first-order valence-corrected chi connectivity index (χ1v) is 7.25. The Morgan fingerprint density at radius 3 is 2.27 bits per heavy atom. The van der Waals surface area contributed by atoms with Crippen LogP contribution >= 0.6 is 46.6 Å². The van der Waals surface area contributed by atoms with E-state index >= 15 is 0 Å². The van der Waals surface area contributed by atoms with Crippen molar-refractivity contribution >= 4 is 46.6 Å². The Hall–Kier alpha value is 0.440. The summed E-state index contributed by atoms with van der Waals surface area (Å²) in [7, 11) is 0. The van der Waals surface area contributed by atoms with Crippen LogP contribution in [0.5, 0.6) is 0 Å².